The molecule has 4 rings (SSSR count). The van der Waals surface area contributed by atoms with Gasteiger partial charge in [0.05, 0.1) is 16.4 Å². The number of hydrogen-bond donors (Lipinski definition) is 1. The summed E-state index contributed by atoms with van der Waals surface area (Å²) in [7, 11) is 0. The van der Waals surface area contributed by atoms with Crippen LogP contribution in [0.1, 0.15) is 5.56 Å². The highest BCUT2D eigenvalue weighted by Gasteiger charge is 2.08. The van der Waals surface area contributed by atoms with Crippen LogP contribution in [0.5, 0.6) is 0 Å². The number of rotatable bonds is 1. The van der Waals surface area contributed by atoms with Gasteiger partial charge in [0.15, 0.2) is 5.82 Å². The summed E-state index contributed by atoms with van der Waals surface area (Å²) in [5.74, 6) is 0.494. The van der Waals surface area contributed by atoms with Crippen LogP contribution in [0.4, 0.5) is 0 Å². The van der Waals surface area contributed by atoms with Crippen molar-refractivity contribution in [2.75, 3.05) is 0 Å². The zero-order valence-electron chi connectivity index (χ0n) is 12.0. The van der Waals surface area contributed by atoms with Gasteiger partial charge in [0.25, 0.3) is 5.56 Å². The van der Waals surface area contributed by atoms with E-state index < -0.39 is 0 Å². The van der Waals surface area contributed by atoms with E-state index in [1.54, 1.807) is 6.07 Å². The number of nitrogens with one attached hydrogen (secondary N) is 1. The molecule has 4 heteroatoms. The number of nitrogens with zero attached hydrogens (tertiary/aromatic N) is 2. The van der Waals surface area contributed by atoms with Crippen molar-refractivity contribution in [2.24, 2.45) is 0 Å². The first-order valence-corrected chi connectivity index (χ1v) is 7.08. The molecule has 4 aromatic rings. The van der Waals surface area contributed by atoms with Crippen molar-refractivity contribution in [3.63, 3.8) is 0 Å². The van der Waals surface area contributed by atoms with Gasteiger partial charge in [0, 0.05) is 5.39 Å². The van der Waals surface area contributed by atoms with Crippen molar-refractivity contribution < 1.29 is 0 Å². The zero-order valence-corrected chi connectivity index (χ0v) is 12.0. The van der Waals surface area contributed by atoms with Crippen LogP contribution in [-0.2, 0) is 0 Å². The Morgan fingerprint density at radius 1 is 0.909 bits per heavy atom. The topological polar surface area (TPSA) is 58.6 Å². The van der Waals surface area contributed by atoms with Crippen LogP contribution >= 0.6 is 0 Å². The molecule has 2 aromatic heterocycles. The van der Waals surface area contributed by atoms with E-state index in [0.717, 1.165) is 16.5 Å². The Bertz CT molecular complexity index is 1070. The second-order valence-corrected chi connectivity index (χ2v) is 5.27. The zero-order chi connectivity index (χ0) is 15.1. The summed E-state index contributed by atoms with van der Waals surface area (Å²) in [6.45, 7) is 2.02. The third-order valence-corrected chi connectivity index (χ3v) is 3.78. The molecule has 0 spiro atoms. The molecule has 2 heterocycles. The molecule has 4 nitrogen and oxygen atoms in total. The Kier molecular flexibility index (Phi) is 2.76. The van der Waals surface area contributed by atoms with Gasteiger partial charge in [0.1, 0.15) is 5.69 Å². The second-order valence-electron chi connectivity index (χ2n) is 5.27. The molecule has 0 aliphatic heterocycles. The van der Waals surface area contributed by atoms with E-state index in [1.807, 2.05) is 55.5 Å². The largest absolute Gasteiger partial charge is 0.305 e. The number of H-pyrrole nitrogens is 1. The van der Waals surface area contributed by atoms with Crippen molar-refractivity contribution in [2.45, 2.75) is 6.92 Å². The van der Waals surface area contributed by atoms with Crippen molar-refractivity contribution >= 4 is 21.8 Å². The molecule has 22 heavy (non-hydrogen) atoms. The molecule has 0 aliphatic carbocycles. The minimum absolute atomic E-state index is 0.146. The van der Waals surface area contributed by atoms with Crippen LogP contribution in [0.3, 0.4) is 0 Å². The Morgan fingerprint density at radius 2 is 1.77 bits per heavy atom. The molecular formula is C18H13N3O. The van der Waals surface area contributed by atoms with Crippen LogP contribution in [-0.4, -0.2) is 15.0 Å². The Labute approximate surface area is 126 Å². The lowest BCUT2D eigenvalue weighted by Crippen LogP contribution is -2.09. The molecule has 0 bridgehead atoms. The first-order valence-electron chi connectivity index (χ1n) is 7.08. The Morgan fingerprint density at radius 3 is 2.68 bits per heavy atom. The number of pyridine rings is 1. The van der Waals surface area contributed by atoms with Gasteiger partial charge in [-0.15, -0.1) is 0 Å². The van der Waals surface area contributed by atoms with Crippen molar-refractivity contribution in [3.05, 3.63) is 70.5 Å². The highest BCUT2D eigenvalue weighted by Crippen LogP contribution is 2.21. The summed E-state index contributed by atoms with van der Waals surface area (Å²) in [5.41, 5.74) is 3.23. The minimum atomic E-state index is -0.146. The predicted molar refractivity (Wildman–Crippen MR) is 87.8 cm³/mol. The molecule has 0 amide bonds. The highest BCUT2D eigenvalue weighted by molar-refractivity contribution is 5.84. The average Bonchev–Trinajstić information content (AvgIpc) is 2.55. The van der Waals surface area contributed by atoms with Crippen molar-refractivity contribution in [1.82, 2.24) is 15.0 Å². The summed E-state index contributed by atoms with van der Waals surface area (Å²) in [4.78, 5) is 24.2. The number of para-hydroxylation sites is 2. The van der Waals surface area contributed by atoms with E-state index in [1.165, 1.54) is 0 Å². The highest BCUT2D eigenvalue weighted by atomic mass is 16.1. The fourth-order valence-electron chi connectivity index (χ4n) is 2.63. The van der Waals surface area contributed by atoms with Gasteiger partial charge in [-0.3, -0.25) is 4.79 Å². The molecule has 106 valence electrons. The smallest absolute Gasteiger partial charge is 0.259 e. The first kappa shape index (κ1) is 12.7. The first-order chi connectivity index (χ1) is 10.7. The van der Waals surface area contributed by atoms with E-state index in [0.29, 0.717) is 22.4 Å². The fraction of sp³-hybridized carbons (Fsp3) is 0.0556. The van der Waals surface area contributed by atoms with Crippen LogP contribution < -0.4 is 5.56 Å². The van der Waals surface area contributed by atoms with E-state index in [4.69, 9.17) is 0 Å². The second kappa shape index (κ2) is 4.77. The fourth-order valence-corrected chi connectivity index (χ4v) is 2.63. The molecule has 0 radical (unpaired) electrons. The lowest BCUT2D eigenvalue weighted by Gasteiger charge is -2.05. The molecule has 2 aromatic carbocycles. The van der Waals surface area contributed by atoms with Crippen LogP contribution in [0.25, 0.3) is 33.3 Å². The van der Waals surface area contributed by atoms with Gasteiger partial charge in [-0.25, -0.2) is 9.97 Å². The molecule has 0 saturated heterocycles. The van der Waals surface area contributed by atoms with Gasteiger partial charge >= 0.3 is 0 Å². The molecule has 0 aliphatic rings. The minimum Gasteiger partial charge on any atom is -0.305 e. The molecule has 0 saturated carbocycles. The summed E-state index contributed by atoms with van der Waals surface area (Å²) in [6.07, 6.45) is 0. The van der Waals surface area contributed by atoms with Crippen LogP contribution in [0.15, 0.2) is 59.4 Å². The van der Waals surface area contributed by atoms with Gasteiger partial charge in [-0.2, -0.15) is 0 Å². The third-order valence-electron chi connectivity index (χ3n) is 3.78. The third kappa shape index (κ3) is 1.97. The molecular weight excluding hydrogens is 274 g/mol. The summed E-state index contributed by atoms with van der Waals surface area (Å²) < 4.78 is 0. The predicted octanol–water partition coefficient (Wildman–Crippen LogP) is 3.45. The number of aromatic amines is 1. The molecule has 0 atom stereocenters. The van der Waals surface area contributed by atoms with E-state index >= 15 is 0 Å². The monoisotopic (exact) mass is 287 g/mol. The quantitative estimate of drug-likeness (QED) is 0.583. The molecule has 0 unspecified atom stereocenters. The molecule has 0 fully saturated rings. The van der Waals surface area contributed by atoms with Gasteiger partial charge in [-0.1, -0.05) is 36.4 Å². The summed E-state index contributed by atoms with van der Waals surface area (Å²) in [6, 6.07) is 17.2. The number of benzene rings is 2. The average molecular weight is 287 g/mol. The summed E-state index contributed by atoms with van der Waals surface area (Å²) in [5, 5.41) is 1.66. The summed E-state index contributed by atoms with van der Waals surface area (Å²) >= 11 is 0. The van der Waals surface area contributed by atoms with Crippen molar-refractivity contribution in [1.29, 1.82) is 0 Å². The van der Waals surface area contributed by atoms with Gasteiger partial charge in [0.2, 0.25) is 0 Å². The van der Waals surface area contributed by atoms with Crippen LogP contribution in [0.2, 0.25) is 0 Å². The van der Waals surface area contributed by atoms with Gasteiger partial charge in [-0.05, 0) is 30.7 Å². The van der Waals surface area contributed by atoms with Crippen molar-refractivity contribution in [3.8, 4) is 11.5 Å². The van der Waals surface area contributed by atoms with Crippen LogP contribution in [0, 0.1) is 6.92 Å². The van der Waals surface area contributed by atoms with E-state index in [-0.39, 0.29) is 5.56 Å². The Hall–Kier alpha value is -3.01. The van der Waals surface area contributed by atoms with Gasteiger partial charge < -0.3 is 4.98 Å². The van der Waals surface area contributed by atoms with E-state index in [2.05, 4.69) is 15.0 Å². The molecule has 1 N–H and O–H groups in total. The number of fused-ring (bicyclic) bond motifs is 2. The normalized spacial score (nSPS) is 11.1. The number of aromatic nitrogens is 3. The maximum absolute atomic E-state index is 12.2. The standard InChI is InChI=1S/C18H13N3O/c1-11-5-4-6-12-9-10-15(19-16(11)12)17-20-14-8-3-2-7-13(14)18(22)21-17/h2-10H,1H3,(H,20,21,22). The van der Waals surface area contributed by atoms with E-state index in [9.17, 15) is 4.79 Å². The maximum Gasteiger partial charge on any atom is 0.259 e. The maximum atomic E-state index is 12.2. The number of aryl methyl sites for hydroxylation is 1. The Balaban J connectivity index is 1.99. The number of hydrogen-bond acceptors (Lipinski definition) is 3. The lowest BCUT2D eigenvalue weighted by molar-refractivity contribution is 1.15. The SMILES string of the molecule is Cc1cccc2ccc(-c3nc4ccccc4c(=O)[nH]3)nc12. The lowest BCUT2D eigenvalue weighted by atomic mass is 10.1.